The summed E-state index contributed by atoms with van der Waals surface area (Å²) in [4.78, 5) is 25.0. The van der Waals surface area contributed by atoms with Crippen LogP contribution in [0.4, 0.5) is 5.69 Å². The summed E-state index contributed by atoms with van der Waals surface area (Å²) in [5.74, 6) is -0.415. The van der Waals surface area contributed by atoms with Crippen molar-refractivity contribution in [3.63, 3.8) is 0 Å². The van der Waals surface area contributed by atoms with Gasteiger partial charge in [0.15, 0.2) is 0 Å². The zero-order valence-electron chi connectivity index (χ0n) is 12.0. The van der Waals surface area contributed by atoms with E-state index in [2.05, 4.69) is 5.32 Å². The average Bonchev–Trinajstić information content (AvgIpc) is 2.40. The normalized spacial score (nSPS) is 11.9. The largest absolute Gasteiger partial charge is 0.336 e. The van der Waals surface area contributed by atoms with Crippen molar-refractivity contribution < 1.29 is 9.59 Å². The molecule has 0 spiro atoms. The third-order valence-electron chi connectivity index (χ3n) is 2.82. The lowest BCUT2D eigenvalue weighted by Crippen LogP contribution is -2.35. The van der Waals surface area contributed by atoms with Gasteiger partial charge >= 0.3 is 0 Å². The fourth-order valence-electron chi connectivity index (χ4n) is 1.62. The van der Waals surface area contributed by atoms with E-state index >= 15 is 0 Å². The molecule has 0 aliphatic heterocycles. The minimum absolute atomic E-state index is 0.0297. The maximum absolute atomic E-state index is 11.9. The molecular formula is C14H19Cl2N3O2. The number of likely N-dealkylation sites (N-methyl/N-ethyl adjacent to an activating group) is 1. The van der Waals surface area contributed by atoms with Crippen molar-refractivity contribution >= 4 is 40.7 Å². The van der Waals surface area contributed by atoms with Crippen LogP contribution in [0.5, 0.6) is 0 Å². The van der Waals surface area contributed by atoms with E-state index in [0.29, 0.717) is 28.6 Å². The highest BCUT2D eigenvalue weighted by Gasteiger charge is 2.13. The van der Waals surface area contributed by atoms with Crippen LogP contribution in [0.3, 0.4) is 0 Å². The van der Waals surface area contributed by atoms with E-state index < -0.39 is 0 Å². The van der Waals surface area contributed by atoms with Gasteiger partial charge in [-0.25, -0.2) is 0 Å². The van der Waals surface area contributed by atoms with Gasteiger partial charge in [-0.3, -0.25) is 9.59 Å². The minimum atomic E-state index is -0.301. The van der Waals surface area contributed by atoms with E-state index in [9.17, 15) is 9.59 Å². The summed E-state index contributed by atoms with van der Waals surface area (Å²) in [6.07, 6.45) is 0.922. The van der Waals surface area contributed by atoms with E-state index in [0.717, 1.165) is 0 Å². The number of carbonyl (C=O) groups is 2. The smallest absolute Gasteiger partial charge is 0.243 e. The van der Waals surface area contributed by atoms with Gasteiger partial charge < -0.3 is 16.0 Å². The molecule has 1 atom stereocenters. The van der Waals surface area contributed by atoms with E-state index in [4.69, 9.17) is 28.9 Å². The zero-order chi connectivity index (χ0) is 16.0. The molecule has 1 rings (SSSR count). The molecule has 7 heteroatoms. The molecule has 21 heavy (non-hydrogen) atoms. The maximum atomic E-state index is 11.9. The van der Waals surface area contributed by atoms with Crippen molar-refractivity contribution in [1.29, 1.82) is 0 Å². The number of nitrogens with zero attached hydrogens (tertiary/aromatic N) is 1. The fraction of sp³-hybridized carbons (Fsp3) is 0.429. The summed E-state index contributed by atoms with van der Waals surface area (Å²) in [5, 5.41) is 3.43. The van der Waals surface area contributed by atoms with Crippen LogP contribution >= 0.6 is 23.2 Å². The lowest BCUT2D eigenvalue weighted by Gasteiger charge is -2.17. The Morgan fingerprint density at radius 2 is 2.00 bits per heavy atom. The molecule has 0 saturated carbocycles. The van der Waals surface area contributed by atoms with Gasteiger partial charge in [0.2, 0.25) is 11.8 Å². The molecule has 0 fully saturated rings. The van der Waals surface area contributed by atoms with Gasteiger partial charge in [0.1, 0.15) is 0 Å². The first-order valence-corrected chi connectivity index (χ1v) is 7.29. The van der Waals surface area contributed by atoms with Crippen LogP contribution in [-0.2, 0) is 9.59 Å². The predicted molar refractivity (Wildman–Crippen MR) is 85.6 cm³/mol. The molecule has 5 nitrogen and oxygen atoms in total. The van der Waals surface area contributed by atoms with Crippen LogP contribution < -0.4 is 11.1 Å². The Hall–Kier alpha value is -1.30. The predicted octanol–water partition coefficient (Wildman–Crippen LogP) is 2.52. The van der Waals surface area contributed by atoms with Gasteiger partial charge in [-0.2, -0.15) is 0 Å². The molecule has 0 heterocycles. The van der Waals surface area contributed by atoms with Crippen LogP contribution in [0.25, 0.3) is 0 Å². The molecule has 0 aliphatic carbocycles. The molecule has 0 saturated heterocycles. The summed E-state index contributed by atoms with van der Waals surface area (Å²) in [6.45, 7) is 1.81. The second kappa shape index (κ2) is 8.22. The molecule has 0 aromatic heterocycles. The topological polar surface area (TPSA) is 75.4 Å². The number of hydrogen-bond acceptors (Lipinski definition) is 3. The number of amides is 2. The third-order valence-corrected chi connectivity index (χ3v) is 3.56. The van der Waals surface area contributed by atoms with Crippen molar-refractivity contribution in [3.8, 4) is 0 Å². The number of benzene rings is 1. The highest BCUT2D eigenvalue weighted by Crippen LogP contribution is 2.24. The van der Waals surface area contributed by atoms with Crippen LogP contribution in [0.1, 0.15) is 19.8 Å². The van der Waals surface area contributed by atoms with Crippen molar-refractivity contribution in [1.82, 2.24) is 4.90 Å². The first kappa shape index (κ1) is 17.8. The molecule has 2 amide bonds. The first-order chi connectivity index (χ1) is 9.79. The lowest BCUT2D eigenvalue weighted by molar-refractivity contribution is -0.133. The average molecular weight is 332 g/mol. The molecule has 116 valence electrons. The summed E-state index contributed by atoms with van der Waals surface area (Å²) >= 11 is 11.7. The Morgan fingerprint density at radius 3 is 2.57 bits per heavy atom. The van der Waals surface area contributed by atoms with E-state index in [1.54, 1.807) is 25.2 Å². The number of carbonyl (C=O) groups excluding carboxylic acids is 2. The van der Waals surface area contributed by atoms with Gasteiger partial charge in [-0.05, 0) is 31.5 Å². The SMILES string of the molecule is CC(N)CCC(=O)N(C)CC(=O)Nc1ccc(Cl)c(Cl)c1. The van der Waals surface area contributed by atoms with Gasteiger partial charge in [0.25, 0.3) is 0 Å². The number of halogens is 2. The minimum Gasteiger partial charge on any atom is -0.336 e. The molecule has 0 radical (unpaired) electrons. The molecule has 0 aliphatic rings. The second-order valence-electron chi connectivity index (χ2n) is 4.94. The summed E-state index contributed by atoms with van der Waals surface area (Å²) in [6, 6.07) is 4.76. The number of nitrogens with one attached hydrogen (secondary N) is 1. The Bertz CT molecular complexity index is 521. The Morgan fingerprint density at radius 1 is 1.33 bits per heavy atom. The molecule has 1 aromatic carbocycles. The van der Waals surface area contributed by atoms with Crippen LogP contribution in [0, 0.1) is 0 Å². The van der Waals surface area contributed by atoms with Crippen molar-refractivity contribution in [2.45, 2.75) is 25.8 Å². The third kappa shape index (κ3) is 6.33. The van der Waals surface area contributed by atoms with Gasteiger partial charge in [-0.15, -0.1) is 0 Å². The number of hydrogen-bond donors (Lipinski definition) is 2. The molecule has 1 unspecified atom stereocenters. The zero-order valence-corrected chi connectivity index (χ0v) is 13.5. The van der Waals surface area contributed by atoms with Crippen molar-refractivity contribution in [3.05, 3.63) is 28.2 Å². The number of rotatable bonds is 6. The Balaban J connectivity index is 2.49. The van der Waals surface area contributed by atoms with E-state index in [-0.39, 0.29) is 24.4 Å². The van der Waals surface area contributed by atoms with E-state index in [1.165, 1.54) is 4.90 Å². The van der Waals surface area contributed by atoms with Gasteiger partial charge in [0.05, 0.1) is 16.6 Å². The van der Waals surface area contributed by atoms with E-state index in [1.807, 2.05) is 6.92 Å². The van der Waals surface area contributed by atoms with Gasteiger partial charge in [0, 0.05) is 25.2 Å². The van der Waals surface area contributed by atoms with Crippen molar-refractivity contribution in [2.24, 2.45) is 5.73 Å². The summed E-state index contributed by atoms with van der Waals surface area (Å²) < 4.78 is 0. The number of nitrogens with two attached hydrogens (primary N) is 1. The van der Waals surface area contributed by atoms with Crippen LogP contribution in [-0.4, -0.2) is 36.3 Å². The highest BCUT2D eigenvalue weighted by molar-refractivity contribution is 6.42. The Labute approximate surface area is 134 Å². The van der Waals surface area contributed by atoms with Crippen molar-refractivity contribution in [2.75, 3.05) is 18.9 Å². The van der Waals surface area contributed by atoms with Gasteiger partial charge in [-0.1, -0.05) is 23.2 Å². The maximum Gasteiger partial charge on any atom is 0.243 e. The number of anilines is 1. The molecule has 3 N–H and O–H groups in total. The van der Waals surface area contributed by atoms with Crippen LogP contribution in [0.2, 0.25) is 10.0 Å². The monoisotopic (exact) mass is 331 g/mol. The first-order valence-electron chi connectivity index (χ1n) is 6.54. The lowest BCUT2D eigenvalue weighted by atomic mass is 10.2. The fourth-order valence-corrected chi connectivity index (χ4v) is 1.92. The quantitative estimate of drug-likeness (QED) is 0.840. The summed E-state index contributed by atoms with van der Waals surface area (Å²) in [5.41, 5.74) is 6.13. The Kier molecular flexibility index (Phi) is 6.95. The molecule has 0 bridgehead atoms. The summed E-state index contributed by atoms with van der Waals surface area (Å²) in [7, 11) is 1.58. The molecule has 1 aromatic rings. The second-order valence-corrected chi connectivity index (χ2v) is 5.76. The van der Waals surface area contributed by atoms with Crippen LogP contribution in [0.15, 0.2) is 18.2 Å². The molecular weight excluding hydrogens is 313 g/mol. The highest BCUT2D eigenvalue weighted by atomic mass is 35.5. The standard InChI is InChI=1S/C14H19Cl2N3O2/c1-9(17)3-6-14(21)19(2)8-13(20)18-10-4-5-11(15)12(16)7-10/h4-5,7,9H,3,6,8,17H2,1-2H3,(H,18,20).